The van der Waals surface area contributed by atoms with Crippen molar-refractivity contribution in [3.8, 4) is 0 Å². The summed E-state index contributed by atoms with van der Waals surface area (Å²) in [6, 6.07) is 24.7. The Morgan fingerprint density at radius 1 is 0.750 bits per heavy atom. The second-order valence-corrected chi connectivity index (χ2v) is 10.9. The van der Waals surface area contributed by atoms with Crippen LogP contribution < -0.4 is 22.1 Å². The van der Waals surface area contributed by atoms with E-state index in [9.17, 15) is 24.0 Å². The zero-order valence-electron chi connectivity index (χ0n) is 27.1. The highest BCUT2D eigenvalue weighted by molar-refractivity contribution is 5.92. The van der Waals surface area contributed by atoms with Crippen molar-refractivity contribution in [1.82, 2.24) is 15.5 Å². The molecule has 13 heteroatoms. The number of hydrogen-bond donors (Lipinski definition) is 4. The number of guanidine groups is 1. The lowest BCUT2D eigenvalue weighted by atomic mass is 9.90. The SMILES string of the molecule is COC(=O)CN(CC(=O)OC)C(=O)Cc1ccc(CNC(=O)[C@@H](CCCN=C(N)N)NC(=O)C(c2ccccc2)c2ccccc2)cc1. The third-order valence-electron chi connectivity index (χ3n) is 7.40. The van der Waals surface area contributed by atoms with Crippen molar-refractivity contribution in [2.75, 3.05) is 33.9 Å². The van der Waals surface area contributed by atoms with E-state index in [1.165, 1.54) is 14.2 Å². The van der Waals surface area contributed by atoms with Gasteiger partial charge >= 0.3 is 11.9 Å². The van der Waals surface area contributed by atoms with Gasteiger partial charge in [-0.2, -0.15) is 0 Å². The van der Waals surface area contributed by atoms with Gasteiger partial charge in [-0.3, -0.25) is 29.0 Å². The number of nitrogens with two attached hydrogens (primary N) is 2. The Labute approximate surface area is 279 Å². The van der Waals surface area contributed by atoms with E-state index in [1.54, 1.807) is 24.3 Å². The van der Waals surface area contributed by atoms with Crippen molar-refractivity contribution in [3.05, 3.63) is 107 Å². The zero-order valence-corrected chi connectivity index (χ0v) is 27.1. The molecule has 0 unspecified atom stereocenters. The number of amides is 3. The van der Waals surface area contributed by atoms with Crippen LogP contribution in [0.2, 0.25) is 0 Å². The van der Waals surface area contributed by atoms with Crippen molar-refractivity contribution < 1.29 is 33.4 Å². The normalized spacial score (nSPS) is 11.1. The number of esters is 2. The maximum Gasteiger partial charge on any atom is 0.325 e. The van der Waals surface area contributed by atoms with Crippen molar-refractivity contribution in [1.29, 1.82) is 0 Å². The Morgan fingerprint density at radius 3 is 1.77 bits per heavy atom. The van der Waals surface area contributed by atoms with Gasteiger partial charge in [-0.05, 0) is 35.1 Å². The summed E-state index contributed by atoms with van der Waals surface area (Å²) < 4.78 is 9.25. The maximum absolute atomic E-state index is 13.8. The summed E-state index contributed by atoms with van der Waals surface area (Å²) in [6.45, 7) is -0.337. The zero-order chi connectivity index (χ0) is 34.9. The van der Waals surface area contributed by atoms with E-state index < -0.39 is 42.9 Å². The highest BCUT2D eigenvalue weighted by Crippen LogP contribution is 2.25. The summed E-state index contributed by atoms with van der Waals surface area (Å²) >= 11 is 0. The van der Waals surface area contributed by atoms with Crippen LogP contribution in [0.3, 0.4) is 0 Å². The van der Waals surface area contributed by atoms with Crippen molar-refractivity contribution in [3.63, 3.8) is 0 Å². The van der Waals surface area contributed by atoms with E-state index in [0.717, 1.165) is 21.6 Å². The third-order valence-corrected chi connectivity index (χ3v) is 7.40. The average Bonchev–Trinajstić information content (AvgIpc) is 3.09. The van der Waals surface area contributed by atoms with Crippen LogP contribution in [-0.4, -0.2) is 80.4 Å². The molecule has 0 saturated heterocycles. The minimum absolute atomic E-state index is 0.0574. The van der Waals surface area contributed by atoms with Gasteiger partial charge in [0.15, 0.2) is 5.96 Å². The smallest absolute Gasteiger partial charge is 0.325 e. The van der Waals surface area contributed by atoms with E-state index in [-0.39, 0.29) is 30.7 Å². The molecule has 0 aliphatic carbocycles. The van der Waals surface area contributed by atoms with Gasteiger partial charge in [0, 0.05) is 13.1 Å². The molecule has 3 aromatic rings. The monoisotopic (exact) mass is 658 g/mol. The van der Waals surface area contributed by atoms with Crippen LogP contribution in [0.15, 0.2) is 89.9 Å². The van der Waals surface area contributed by atoms with E-state index in [0.29, 0.717) is 24.9 Å². The molecule has 0 aliphatic rings. The molecule has 1 atom stereocenters. The summed E-state index contributed by atoms with van der Waals surface area (Å²) in [5.74, 6) is -3.19. The second kappa shape index (κ2) is 19.1. The molecule has 0 saturated carbocycles. The van der Waals surface area contributed by atoms with E-state index in [1.807, 2.05) is 60.7 Å². The third kappa shape index (κ3) is 11.9. The number of methoxy groups -OCH3 is 2. The molecule has 254 valence electrons. The molecule has 13 nitrogen and oxygen atoms in total. The standard InChI is InChI=1S/C35H42N6O7/c1-47-30(43)22-41(23-31(44)48-2)29(42)20-24-15-17-25(18-16-24)21-39-33(45)28(14-9-19-38-35(36)37)40-34(46)32(26-10-5-3-6-11-26)27-12-7-4-8-13-27/h3-8,10-13,15-18,28,32H,9,14,19-23H2,1-2H3,(H,39,45)(H,40,46)(H4,36,37,38)/t28-/m1/s1. The van der Waals surface area contributed by atoms with Crippen LogP contribution in [0.1, 0.15) is 41.0 Å². The average molecular weight is 659 g/mol. The lowest BCUT2D eigenvalue weighted by Gasteiger charge is -2.23. The Balaban J connectivity index is 1.69. The highest BCUT2D eigenvalue weighted by Gasteiger charge is 2.28. The summed E-state index contributed by atoms with van der Waals surface area (Å²) in [7, 11) is 2.38. The summed E-state index contributed by atoms with van der Waals surface area (Å²) in [6.07, 6.45) is 0.664. The quantitative estimate of drug-likeness (QED) is 0.0717. The summed E-state index contributed by atoms with van der Waals surface area (Å²) in [4.78, 5) is 68.6. The molecule has 0 heterocycles. The number of hydrogen-bond acceptors (Lipinski definition) is 8. The number of rotatable bonds is 17. The maximum atomic E-state index is 13.8. The van der Waals surface area contributed by atoms with Crippen LogP contribution >= 0.6 is 0 Å². The largest absolute Gasteiger partial charge is 0.468 e. The lowest BCUT2D eigenvalue weighted by molar-refractivity contribution is -0.151. The first-order chi connectivity index (χ1) is 23.1. The second-order valence-electron chi connectivity index (χ2n) is 10.9. The van der Waals surface area contributed by atoms with Crippen LogP contribution in [-0.2, 0) is 46.4 Å². The number of carbonyl (C=O) groups excluding carboxylic acids is 5. The molecule has 0 fully saturated rings. The van der Waals surface area contributed by atoms with Crippen molar-refractivity contribution in [2.45, 2.75) is 37.8 Å². The van der Waals surface area contributed by atoms with Gasteiger partial charge in [0.05, 0.1) is 26.6 Å². The minimum atomic E-state index is -0.867. The van der Waals surface area contributed by atoms with Crippen molar-refractivity contribution >= 4 is 35.6 Å². The van der Waals surface area contributed by atoms with E-state index >= 15 is 0 Å². The number of benzene rings is 3. The topological polar surface area (TPSA) is 196 Å². The van der Waals surface area contributed by atoms with Gasteiger partial charge in [0.1, 0.15) is 19.1 Å². The number of nitrogens with zero attached hydrogens (tertiary/aromatic N) is 2. The predicted molar refractivity (Wildman–Crippen MR) is 179 cm³/mol. The van der Waals surface area contributed by atoms with Gasteiger partial charge < -0.3 is 36.5 Å². The molecular formula is C35H42N6O7. The van der Waals surface area contributed by atoms with Gasteiger partial charge in [0.2, 0.25) is 17.7 Å². The van der Waals surface area contributed by atoms with Gasteiger partial charge in [-0.15, -0.1) is 0 Å². The Hall–Kier alpha value is -5.72. The van der Waals surface area contributed by atoms with Crippen LogP contribution in [0, 0.1) is 0 Å². The molecule has 0 spiro atoms. The summed E-state index contributed by atoms with van der Waals surface area (Å²) in [5.41, 5.74) is 13.9. The molecule has 3 aromatic carbocycles. The predicted octanol–water partition coefficient (Wildman–Crippen LogP) is 1.39. The van der Waals surface area contributed by atoms with Gasteiger partial charge in [-0.1, -0.05) is 84.9 Å². The molecule has 48 heavy (non-hydrogen) atoms. The molecule has 0 bridgehead atoms. The summed E-state index contributed by atoms with van der Waals surface area (Å²) in [5, 5.41) is 5.84. The van der Waals surface area contributed by atoms with Gasteiger partial charge in [0.25, 0.3) is 0 Å². The molecule has 3 rings (SSSR count). The van der Waals surface area contributed by atoms with Crippen LogP contribution in [0.25, 0.3) is 0 Å². The molecule has 0 radical (unpaired) electrons. The Bertz CT molecular complexity index is 1490. The van der Waals surface area contributed by atoms with Crippen LogP contribution in [0.5, 0.6) is 0 Å². The Kier molecular flexibility index (Phi) is 14.6. The molecule has 0 aliphatic heterocycles. The number of aliphatic imine (C=N–C) groups is 1. The van der Waals surface area contributed by atoms with E-state index in [4.69, 9.17) is 11.5 Å². The molecule has 0 aromatic heterocycles. The van der Waals surface area contributed by atoms with Gasteiger partial charge in [-0.25, -0.2) is 0 Å². The molecular weight excluding hydrogens is 616 g/mol. The number of nitrogens with one attached hydrogen (secondary N) is 2. The molecule has 6 N–H and O–H groups in total. The molecule has 3 amide bonds. The minimum Gasteiger partial charge on any atom is -0.468 e. The Morgan fingerprint density at radius 2 is 1.27 bits per heavy atom. The van der Waals surface area contributed by atoms with Crippen LogP contribution in [0.4, 0.5) is 0 Å². The lowest BCUT2D eigenvalue weighted by Crippen LogP contribution is -2.48. The number of carbonyl (C=O) groups is 5. The number of ether oxygens (including phenoxy) is 2. The first-order valence-corrected chi connectivity index (χ1v) is 15.3. The first kappa shape index (κ1) is 36.7. The van der Waals surface area contributed by atoms with Crippen molar-refractivity contribution in [2.24, 2.45) is 16.5 Å². The van der Waals surface area contributed by atoms with E-state index in [2.05, 4.69) is 25.1 Å². The first-order valence-electron chi connectivity index (χ1n) is 15.3. The fraction of sp³-hybridized carbons (Fsp3) is 0.314. The fourth-order valence-corrected chi connectivity index (χ4v) is 4.86. The fourth-order valence-electron chi connectivity index (χ4n) is 4.86. The highest BCUT2D eigenvalue weighted by atomic mass is 16.5.